The van der Waals surface area contributed by atoms with Crippen LogP contribution in [0.15, 0.2) is 18.2 Å². The third-order valence-electron chi connectivity index (χ3n) is 3.54. The van der Waals surface area contributed by atoms with E-state index >= 15 is 0 Å². The van der Waals surface area contributed by atoms with Crippen molar-refractivity contribution in [2.75, 3.05) is 13.1 Å². The molecule has 1 unspecified atom stereocenters. The van der Waals surface area contributed by atoms with Crippen LogP contribution < -0.4 is 11.1 Å². The number of carbonyl (C=O) groups is 1. The molecule has 1 heterocycles. The van der Waals surface area contributed by atoms with Crippen LogP contribution in [0.2, 0.25) is 0 Å². The first kappa shape index (κ1) is 14.0. The average molecular weight is 265 g/mol. The lowest BCUT2D eigenvalue weighted by molar-refractivity contribution is -0.129. The normalized spacial score (nSPS) is 20.4. The Labute approximate surface area is 112 Å². The molecule has 1 aliphatic rings. The van der Waals surface area contributed by atoms with Crippen molar-refractivity contribution in [2.24, 2.45) is 5.73 Å². The Hall–Kier alpha value is -1.46. The Kier molecular flexibility index (Phi) is 4.50. The van der Waals surface area contributed by atoms with Crippen molar-refractivity contribution in [3.05, 3.63) is 35.1 Å². The maximum absolute atomic E-state index is 13.4. The molecule has 1 fully saturated rings. The lowest BCUT2D eigenvalue weighted by Crippen LogP contribution is -2.54. The molecule has 1 aromatic rings. The molecule has 4 nitrogen and oxygen atoms in total. The van der Waals surface area contributed by atoms with Crippen molar-refractivity contribution in [1.82, 2.24) is 10.2 Å². The van der Waals surface area contributed by atoms with Crippen LogP contribution in [0.1, 0.15) is 24.5 Å². The van der Waals surface area contributed by atoms with Crippen molar-refractivity contribution in [1.29, 1.82) is 0 Å². The summed E-state index contributed by atoms with van der Waals surface area (Å²) in [7, 11) is 0. The Morgan fingerprint density at radius 1 is 1.53 bits per heavy atom. The van der Waals surface area contributed by atoms with E-state index in [0.717, 1.165) is 18.5 Å². The molecule has 104 valence electrons. The maximum atomic E-state index is 13.4. The van der Waals surface area contributed by atoms with Crippen LogP contribution in [0.3, 0.4) is 0 Å². The minimum atomic E-state index is -0.269. The average Bonchev–Trinajstić information content (AvgIpc) is 2.41. The number of halogens is 1. The second kappa shape index (κ2) is 6.12. The monoisotopic (exact) mass is 265 g/mol. The van der Waals surface area contributed by atoms with Crippen molar-refractivity contribution in [3.8, 4) is 0 Å². The number of nitrogens with two attached hydrogens (primary N) is 1. The predicted octanol–water partition coefficient (Wildman–Crippen LogP) is 0.995. The summed E-state index contributed by atoms with van der Waals surface area (Å²) in [4.78, 5) is 13.9. The van der Waals surface area contributed by atoms with Gasteiger partial charge in [0.2, 0.25) is 5.91 Å². The zero-order valence-corrected chi connectivity index (χ0v) is 11.2. The fourth-order valence-electron chi connectivity index (χ4n) is 2.51. The summed E-state index contributed by atoms with van der Waals surface area (Å²) in [5, 5.41) is 2.87. The largest absolute Gasteiger partial charge is 0.353 e. The number of carbonyl (C=O) groups excluding carboxylic acids is 1. The van der Waals surface area contributed by atoms with Crippen LogP contribution in [0, 0.1) is 5.82 Å². The number of amides is 1. The minimum Gasteiger partial charge on any atom is -0.353 e. The molecule has 1 amide bonds. The van der Waals surface area contributed by atoms with E-state index in [9.17, 15) is 9.18 Å². The Bertz CT molecular complexity index is 464. The standard InChI is InChI=1S/C14H20FN3O/c1-2-13-14(19)17-5-6-18(13)9-10-3-4-12(15)11(7-10)8-16/h3-4,7,13H,2,5-6,8-9,16H2,1H3,(H,17,19). The van der Waals surface area contributed by atoms with E-state index in [-0.39, 0.29) is 24.3 Å². The van der Waals surface area contributed by atoms with E-state index in [2.05, 4.69) is 10.2 Å². The second-order valence-corrected chi connectivity index (χ2v) is 4.82. The van der Waals surface area contributed by atoms with Gasteiger partial charge in [0.15, 0.2) is 0 Å². The number of hydrogen-bond acceptors (Lipinski definition) is 3. The van der Waals surface area contributed by atoms with Gasteiger partial charge in [-0.05, 0) is 18.1 Å². The molecule has 5 heteroatoms. The number of nitrogens with zero attached hydrogens (tertiary/aromatic N) is 1. The van der Waals surface area contributed by atoms with Crippen molar-refractivity contribution in [2.45, 2.75) is 32.5 Å². The van der Waals surface area contributed by atoms with Gasteiger partial charge in [0.05, 0.1) is 6.04 Å². The highest BCUT2D eigenvalue weighted by Crippen LogP contribution is 2.16. The van der Waals surface area contributed by atoms with Crippen molar-refractivity contribution in [3.63, 3.8) is 0 Å². The van der Waals surface area contributed by atoms with E-state index in [4.69, 9.17) is 5.73 Å². The molecule has 0 aromatic heterocycles. The van der Waals surface area contributed by atoms with Gasteiger partial charge in [0.25, 0.3) is 0 Å². The molecule has 0 radical (unpaired) electrons. The molecule has 1 atom stereocenters. The van der Waals surface area contributed by atoms with Crippen LogP contribution in [0.25, 0.3) is 0 Å². The third kappa shape index (κ3) is 3.11. The predicted molar refractivity (Wildman–Crippen MR) is 71.8 cm³/mol. The van der Waals surface area contributed by atoms with E-state index in [0.29, 0.717) is 18.7 Å². The smallest absolute Gasteiger partial charge is 0.237 e. The highest BCUT2D eigenvalue weighted by atomic mass is 19.1. The summed E-state index contributed by atoms with van der Waals surface area (Å²) >= 11 is 0. The lowest BCUT2D eigenvalue weighted by Gasteiger charge is -2.34. The molecule has 3 N–H and O–H groups in total. The number of benzene rings is 1. The zero-order chi connectivity index (χ0) is 13.8. The van der Waals surface area contributed by atoms with Crippen molar-refractivity contribution < 1.29 is 9.18 Å². The van der Waals surface area contributed by atoms with Gasteiger partial charge in [0, 0.05) is 31.7 Å². The van der Waals surface area contributed by atoms with Gasteiger partial charge in [-0.25, -0.2) is 4.39 Å². The molecule has 0 saturated carbocycles. The molecular formula is C14H20FN3O. The molecule has 1 aliphatic heterocycles. The highest BCUT2D eigenvalue weighted by molar-refractivity contribution is 5.82. The summed E-state index contributed by atoms with van der Waals surface area (Å²) in [6, 6.07) is 4.89. The van der Waals surface area contributed by atoms with Crippen LogP contribution in [-0.4, -0.2) is 29.9 Å². The Balaban J connectivity index is 2.13. The van der Waals surface area contributed by atoms with Crippen molar-refractivity contribution >= 4 is 5.91 Å². The zero-order valence-electron chi connectivity index (χ0n) is 11.2. The Morgan fingerprint density at radius 3 is 3.00 bits per heavy atom. The minimum absolute atomic E-state index is 0.0786. The van der Waals surface area contributed by atoms with Gasteiger partial charge in [-0.3, -0.25) is 9.69 Å². The second-order valence-electron chi connectivity index (χ2n) is 4.82. The maximum Gasteiger partial charge on any atom is 0.237 e. The van der Waals surface area contributed by atoms with E-state index < -0.39 is 0 Å². The SMILES string of the molecule is CCC1C(=O)NCCN1Cc1ccc(F)c(CN)c1. The van der Waals surface area contributed by atoms with Gasteiger partial charge in [-0.1, -0.05) is 19.1 Å². The fourth-order valence-corrected chi connectivity index (χ4v) is 2.51. The molecule has 0 aliphatic carbocycles. The van der Waals surface area contributed by atoms with Crippen LogP contribution in [0.4, 0.5) is 4.39 Å². The van der Waals surface area contributed by atoms with E-state index in [1.807, 2.05) is 6.92 Å². The summed E-state index contributed by atoms with van der Waals surface area (Å²) in [6.07, 6.45) is 0.775. The summed E-state index contributed by atoms with van der Waals surface area (Å²) < 4.78 is 13.4. The molecule has 2 rings (SSSR count). The molecule has 0 bridgehead atoms. The number of rotatable bonds is 4. The molecule has 1 aromatic carbocycles. The summed E-state index contributed by atoms with van der Waals surface area (Å²) in [5.74, 6) is -0.190. The first-order chi connectivity index (χ1) is 9.15. The van der Waals surface area contributed by atoms with Gasteiger partial charge < -0.3 is 11.1 Å². The topological polar surface area (TPSA) is 58.4 Å². The van der Waals surface area contributed by atoms with Gasteiger partial charge >= 0.3 is 0 Å². The molecular weight excluding hydrogens is 245 g/mol. The van der Waals surface area contributed by atoms with Crippen LogP contribution in [0.5, 0.6) is 0 Å². The van der Waals surface area contributed by atoms with E-state index in [1.54, 1.807) is 12.1 Å². The van der Waals surface area contributed by atoms with Gasteiger partial charge in [-0.2, -0.15) is 0 Å². The molecule has 0 spiro atoms. The highest BCUT2D eigenvalue weighted by Gasteiger charge is 2.27. The first-order valence-electron chi connectivity index (χ1n) is 6.64. The summed E-state index contributed by atoms with van der Waals surface area (Å²) in [5.41, 5.74) is 7.03. The van der Waals surface area contributed by atoms with E-state index in [1.165, 1.54) is 6.07 Å². The van der Waals surface area contributed by atoms with Crippen LogP contribution >= 0.6 is 0 Å². The van der Waals surface area contributed by atoms with Gasteiger partial charge in [-0.15, -0.1) is 0 Å². The fraction of sp³-hybridized carbons (Fsp3) is 0.500. The number of nitrogens with one attached hydrogen (secondary N) is 1. The summed E-state index contributed by atoms with van der Waals surface area (Å²) in [6.45, 7) is 4.33. The quantitative estimate of drug-likeness (QED) is 0.853. The molecule has 19 heavy (non-hydrogen) atoms. The number of hydrogen-bond donors (Lipinski definition) is 2. The number of piperazine rings is 1. The Morgan fingerprint density at radius 2 is 2.32 bits per heavy atom. The molecule has 1 saturated heterocycles. The van der Waals surface area contributed by atoms with Crippen LogP contribution in [-0.2, 0) is 17.9 Å². The van der Waals surface area contributed by atoms with Gasteiger partial charge in [0.1, 0.15) is 5.82 Å². The first-order valence-corrected chi connectivity index (χ1v) is 6.64. The third-order valence-corrected chi connectivity index (χ3v) is 3.54. The lowest BCUT2D eigenvalue weighted by atomic mass is 10.1.